The number of benzene rings is 2. The van der Waals surface area contributed by atoms with Gasteiger partial charge in [-0.3, -0.25) is 4.79 Å². The maximum atomic E-state index is 13.5. The van der Waals surface area contributed by atoms with Crippen molar-refractivity contribution in [2.75, 3.05) is 25.5 Å². The minimum Gasteiger partial charge on any atom is -0.497 e. The highest BCUT2D eigenvalue weighted by atomic mass is 32.2. The van der Waals surface area contributed by atoms with Gasteiger partial charge in [0.1, 0.15) is 11.6 Å². The molecule has 0 bridgehead atoms. The van der Waals surface area contributed by atoms with Crippen LogP contribution in [0.1, 0.15) is 30.5 Å². The number of thiazole rings is 1. The molecule has 37 heavy (non-hydrogen) atoms. The van der Waals surface area contributed by atoms with Crippen LogP contribution in [0, 0.1) is 5.92 Å². The zero-order valence-electron chi connectivity index (χ0n) is 20.4. The molecular formula is C26H27N5O4S2. The van der Waals surface area contributed by atoms with Crippen LogP contribution < -0.4 is 10.1 Å². The van der Waals surface area contributed by atoms with E-state index in [1.807, 2.05) is 24.3 Å². The number of aryl methyl sites for hydroxylation is 1. The van der Waals surface area contributed by atoms with E-state index in [0.717, 1.165) is 40.7 Å². The molecule has 4 aromatic rings. The number of hydrogen-bond acceptors (Lipinski definition) is 7. The van der Waals surface area contributed by atoms with Gasteiger partial charge in [-0.15, -0.1) is 0 Å². The average molecular weight is 538 g/mol. The molecule has 2 aromatic heterocycles. The third-order valence-corrected chi connectivity index (χ3v) is 9.96. The highest BCUT2D eigenvalue weighted by molar-refractivity contribution is 7.89. The molecule has 0 spiro atoms. The summed E-state index contributed by atoms with van der Waals surface area (Å²) < 4.78 is 35.9. The van der Waals surface area contributed by atoms with Crippen LogP contribution in [-0.2, 0) is 27.7 Å². The van der Waals surface area contributed by atoms with Crippen molar-refractivity contribution >= 4 is 43.3 Å². The molecule has 192 valence electrons. The Balaban J connectivity index is 1.25. The first-order valence-corrected chi connectivity index (χ1v) is 14.6. The third-order valence-electron chi connectivity index (χ3n) is 7.06. The van der Waals surface area contributed by atoms with Gasteiger partial charge in [0.25, 0.3) is 0 Å². The molecule has 1 atom stereocenters. The molecule has 2 aromatic carbocycles. The summed E-state index contributed by atoms with van der Waals surface area (Å²) in [5.74, 6) is 0.600. The summed E-state index contributed by atoms with van der Waals surface area (Å²) in [5.41, 5.74) is 2.93. The zero-order valence-corrected chi connectivity index (χ0v) is 22.0. The monoisotopic (exact) mass is 537 g/mol. The van der Waals surface area contributed by atoms with E-state index in [4.69, 9.17) is 14.8 Å². The Morgan fingerprint density at radius 3 is 2.70 bits per heavy atom. The largest absolute Gasteiger partial charge is 0.497 e. The number of amides is 1. The topological polar surface area (TPSA) is 106 Å². The number of anilines is 1. The van der Waals surface area contributed by atoms with Gasteiger partial charge >= 0.3 is 0 Å². The van der Waals surface area contributed by atoms with E-state index in [9.17, 15) is 13.2 Å². The molecule has 3 heterocycles. The molecule has 1 N–H and O–H groups in total. The van der Waals surface area contributed by atoms with E-state index in [2.05, 4.69) is 5.32 Å². The lowest BCUT2D eigenvalue weighted by molar-refractivity contribution is -0.120. The zero-order chi connectivity index (χ0) is 25.6. The van der Waals surface area contributed by atoms with Gasteiger partial charge in [0.2, 0.25) is 21.1 Å². The van der Waals surface area contributed by atoms with Gasteiger partial charge in [-0.1, -0.05) is 23.5 Å². The van der Waals surface area contributed by atoms with Gasteiger partial charge in [-0.25, -0.2) is 13.4 Å². The molecule has 1 saturated heterocycles. The van der Waals surface area contributed by atoms with E-state index in [-0.39, 0.29) is 17.3 Å². The quantitative estimate of drug-likeness (QED) is 0.398. The van der Waals surface area contributed by atoms with E-state index in [1.165, 1.54) is 34.9 Å². The van der Waals surface area contributed by atoms with Crippen molar-refractivity contribution in [1.82, 2.24) is 19.1 Å². The maximum Gasteiger partial charge on any atom is 0.243 e. The normalized spacial score (nSPS) is 18.1. The summed E-state index contributed by atoms with van der Waals surface area (Å²) in [6.07, 6.45) is 3.95. The average Bonchev–Trinajstić information content (AvgIpc) is 3.64. The minimum absolute atomic E-state index is 0.137. The van der Waals surface area contributed by atoms with Gasteiger partial charge in [-0.2, -0.15) is 14.1 Å². The van der Waals surface area contributed by atoms with E-state index >= 15 is 0 Å². The minimum atomic E-state index is -3.72. The Bertz CT molecular complexity index is 1540. The summed E-state index contributed by atoms with van der Waals surface area (Å²) in [7, 11) is -2.18. The second-order valence-corrected chi connectivity index (χ2v) is 12.3. The van der Waals surface area contributed by atoms with Crippen molar-refractivity contribution in [3.8, 4) is 10.9 Å². The standard InChI is InChI=1S/C26H27N5O4S2/c1-35-18-11-13-19(14-12-18)37(33,34)30-15-5-6-17(16-30)25(32)28-24-20-7-4-9-21(20)29-31(24)26-27-22-8-2-3-10-23(22)36-26/h2-3,8,10-14,17H,4-7,9,15-16H2,1H3,(H,28,32). The number of para-hydroxylation sites is 1. The number of fused-ring (bicyclic) bond motifs is 2. The summed E-state index contributed by atoms with van der Waals surface area (Å²) >= 11 is 1.53. The van der Waals surface area contributed by atoms with Crippen LogP contribution >= 0.6 is 11.3 Å². The Labute approximate surface area is 219 Å². The number of carbonyl (C=O) groups excluding carboxylic acids is 1. The van der Waals surface area contributed by atoms with Crippen LogP contribution in [-0.4, -0.2) is 53.6 Å². The molecule has 0 radical (unpaired) electrons. The molecule has 2 aliphatic rings. The lowest BCUT2D eigenvalue weighted by Gasteiger charge is -2.31. The third kappa shape index (κ3) is 4.41. The first-order valence-electron chi connectivity index (χ1n) is 12.4. The predicted molar refractivity (Wildman–Crippen MR) is 142 cm³/mol. The van der Waals surface area contributed by atoms with Crippen molar-refractivity contribution in [2.45, 2.75) is 37.0 Å². The van der Waals surface area contributed by atoms with Crippen molar-refractivity contribution in [2.24, 2.45) is 5.92 Å². The fraction of sp³-hybridized carbons (Fsp3) is 0.346. The molecule has 6 rings (SSSR count). The van der Waals surface area contributed by atoms with E-state index in [0.29, 0.717) is 36.1 Å². The van der Waals surface area contributed by atoms with Gasteiger partial charge in [-0.05, 0) is 68.5 Å². The Kier molecular flexibility index (Phi) is 6.21. The Morgan fingerprint density at radius 1 is 1.11 bits per heavy atom. The van der Waals surface area contributed by atoms with Crippen LogP contribution in [0.2, 0.25) is 0 Å². The summed E-state index contributed by atoms with van der Waals surface area (Å²) in [4.78, 5) is 18.4. The number of methoxy groups -OCH3 is 1. The molecule has 1 aliphatic heterocycles. The first kappa shape index (κ1) is 24.1. The number of rotatable bonds is 6. The van der Waals surface area contributed by atoms with Crippen molar-refractivity contribution in [3.05, 3.63) is 59.8 Å². The van der Waals surface area contributed by atoms with Crippen molar-refractivity contribution < 1.29 is 17.9 Å². The summed E-state index contributed by atoms with van der Waals surface area (Å²) in [6.45, 7) is 0.523. The molecule has 1 fully saturated rings. The molecule has 1 amide bonds. The lowest BCUT2D eigenvalue weighted by Crippen LogP contribution is -2.43. The molecule has 1 aliphatic carbocycles. The van der Waals surface area contributed by atoms with Gasteiger partial charge in [0, 0.05) is 18.7 Å². The SMILES string of the molecule is COc1ccc(S(=O)(=O)N2CCCC(C(=O)Nc3c4c(nn3-c3nc5ccccc5s3)CCC4)C2)cc1. The number of ether oxygens (including phenoxy) is 1. The van der Waals surface area contributed by atoms with Crippen LogP contribution in [0.5, 0.6) is 5.75 Å². The molecular weight excluding hydrogens is 510 g/mol. The molecule has 1 unspecified atom stereocenters. The van der Waals surface area contributed by atoms with Crippen molar-refractivity contribution in [1.29, 1.82) is 0 Å². The summed E-state index contributed by atoms with van der Waals surface area (Å²) in [5, 5.41) is 8.62. The second-order valence-electron chi connectivity index (χ2n) is 9.37. The fourth-order valence-electron chi connectivity index (χ4n) is 5.10. The van der Waals surface area contributed by atoms with Gasteiger partial charge in [0.05, 0.1) is 33.8 Å². The number of piperidine rings is 1. The highest BCUT2D eigenvalue weighted by Crippen LogP contribution is 2.34. The van der Waals surface area contributed by atoms with Crippen LogP contribution in [0.4, 0.5) is 5.82 Å². The van der Waals surface area contributed by atoms with Gasteiger partial charge in [0.15, 0.2) is 0 Å². The number of aromatic nitrogens is 3. The number of nitrogens with zero attached hydrogens (tertiary/aromatic N) is 4. The molecule has 0 saturated carbocycles. The van der Waals surface area contributed by atoms with Crippen molar-refractivity contribution in [3.63, 3.8) is 0 Å². The summed E-state index contributed by atoms with van der Waals surface area (Å²) in [6, 6.07) is 14.2. The lowest BCUT2D eigenvalue weighted by atomic mass is 9.99. The second kappa shape index (κ2) is 9.55. The smallest absolute Gasteiger partial charge is 0.243 e. The fourth-order valence-corrected chi connectivity index (χ4v) is 7.55. The number of carbonyl (C=O) groups is 1. The van der Waals surface area contributed by atoms with E-state index < -0.39 is 15.9 Å². The molecule has 9 nitrogen and oxygen atoms in total. The number of sulfonamides is 1. The maximum absolute atomic E-state index is 13.5. The first-order chi connectivity index (χ1) is 17.9. The van der Waals surface area contributed by atoms with E-state index in [1.54, 1.807) is 16.8 Å². The highest BCUT2D eigenvalue weighted by Gasteiger charge is 2.35. The Morgan fingerprint density at radius 2 is 1.92 bits per heavy atom. The predicted octanol–water partition coefficient (Wildman–Crippen LogP) is 4.02. The van der Waals surface area contributed by atoms with Crippen LogP contribution in [0.25, 0.3) is 15.3 Å². The molecule has 11 heteroatoms. The van der Waals surface area contributed by atoms with Crippen LogP contribution in [0.15, 0.2) is 53.4 Å². The van der Waals surface area contributed by atoms with Crippen LogP contribution in [0.3, 0.4) is 0 Å². The van der Waals surface area contributed by atoms with Gasteiger partial charge < -0.3 is 10.1 Å². The number of nitrogens with one attached hydrogen (secondary N) is 1. The number of hydrogen-bond donors (Lipinski definition) is 1. The Hall–Kier alpha value is -3.28.